The second-order valence-corrected chi connectivity index (χ2v) is 10.0. The van der Waals surface area contributed by atoms with Gasteiger partial charge in [-0.25, -0.2) is 18.2 Å². The number of aromatic amines is 1. The lowest BCUT2D eigenvalue weighted by molar-refractivity contribution is 0.190. The van der Waals surface area contributed by atoms with E-state index in [0.29, 0.717) is 23.2 Å². The van der Waals surface area contributed by atoms with E-state index in [0.717, 1.165) is 24.3 Å². The summed E-state index contributed by atoms with van der Waals surface area (Å²) in [6, 6.07) is 6.87. The summed E-state index contributed by atoms with van der Waals surface area (Å²) < 4.78 is 27.9. The molecule has 3 rings (SSSR count). The molecule has 1 fully saturated rings. The standard InChI is InChI=1S/C18H26N4O3S2/c1-22(14-6-3-2-4-7-14)13-5-12-19-27(24,25)18-11-9-16(26-18)15-8-10-17(23)21-20-15/h8-11,14,19H,2-7,12-13H2,1H3,(H,21,23). The number of hydrogen-bond donors (Lipinski definition) is 2. The Morgan fingerprint density at radius 3 is 2.70 bits per heavy atom. The number of H-pyrrole nitrogens is 1. The molecule has 148 valence electrons. The highest BCUT2D eigenvalue weighted by Gasteiger charge is 2.19. The highest BCUT2D eigenvalue weighted by atomic mass is 32.2. The fraction of sp³-hybridized carbons (Fsp3) is 0.556. The van der Waals surface area contributed by atoms with E-state index in [4.69, 9.17) is 0 Å². The maximum Gasteiger partial charge on any atom is 0.264 e. The SMILES string of the molecule is CN(CCCNS(=O)(=O)c1ccc(-c2ccc(=O)[nH]n2)s1)C1CCCCC1. The van der Waals surface area contributed by atoms with E-state index in [1.807, 2.05) is 0 Å². The molecule has 0 radical (unpaired) electrons. The Hall–Kier alpha value is -1.55. The minimum absolute atomic E-state index is 0.256. The number of nitrogens with zero attached hydrogens (tertiary/aromatic N) is 2. The average molecular weight is 411 g/mol. The van der Waals surface area contributed by atoms with Crippen molar-refractivity contribution in [2.45, 2.75) is 48.8 Å². The Bertz CT molecular complexity index is 881. The van der Waals surface area contributed by atoms with Crippen LogP contribution < -0.4 is 10.3 Å². The van der Waals surface area contributed by atoms with Crippen molar-refractivity contribution in [2.24, 2.45) is 0 Å². The Morgan fingerprint density at radius 2 is 2.00 bits per heavy atom. The van der Waals surface area contributed by atoms with Gasteiger partial charge in [-0.15, -0.1) is 11.3 Å². The number of thiophene rings is 1. The van der Waals surface area contributed by atoms with Crippen LogP contribution in [0.15, 0.2) is 33.3 Å². The van der Waals surface area contributed by atoms with Gasteiger partial charge in [0.05, 0.1) is 4.88 Å². The van der Waals surface area contributed by atoms with Gasteiger partial charge < -0.3 is 4.90 Å². The Morgan fingerprint density at radius 1 is 1.22 bits per heavy atom. The van der Waals surface area contributed by atoms with Crippen LogP contribution in [0.3, 0.4) is 0 Å². The van der Waals surface area contributed by atoms with Crippen LogP contribution in [0.25, 0.3) is 10.6 Å². The average Bonchev–Trinajstić information content (AvgIpc) is 3.17. The van der Waals surface area contributed by atoms with E-state index in [1.54, 1.807) is 18.2 Å². The van der Waals surface area contributed by atoms with Crippen LogP contribution in [-0.4, -0.2) is 49.7 Å². The van der Waals surface area contributed by atoms with Gasteiger partial charge in [0.15, 0.2) is 0 Å². The van der Waals surface area contributed by atoms with E-state index < -0.39 is 10.0 Å². The molecule has 0 aliphatic heterocycles. The molecule has 0 amide bonds. The van der Waals surface area contributed by atoms with Crippen molar-refractivity contribution < 1.29 is 8.42 Å². The zero-order valence-corrected chi connectivity index (χ0v) is 17.1. The van der Waals surface area contributed by atoms with Crippen molar-refractivity contribution in [2.75, 3.05) is 20.1 Å². The molecule has 0 unspecified atom stereocenters. The summed E-state index contributed by atoms with van der Waals surface area (Å²) in [4.78, 5) is 14.1. The van der Waals surface area contributed by atoms with Gasteiger partial charge >= 0.3 is 0 Å². The van der Waals surface area contributed by atoms with Crippen molar-refractivity contribution in [3.05, 3.63) is 34.6 Å². The first kappa shape index (κ1) is 20.2. The van der Waals surface area contributed by atoms with Crippen LogP contribution in [0.1, 0.15) is 38.5 Å². The van der Waals surface area contributed by atoms with Gasteiger partial charge in [0.25, 0.3) is 5.56 Å². The maximum absolute atomic E-state index is 12.5. The highest BCUT2D eigenvalue weighted by molar-refractivity contribution is 7.91. The third-order valence-electron chi connectivity index (χ3n) is 4.96. The van der Waals surface area contributed by atoms with Gasteiger partial charge in [0, 0.05) is 18.7 Å². The summed E-state index contributed by atoms with van der Waals surface area (Å²) in [5.74, 6) is 0. The lowest BCUT2D eigenvalue weighted by atomic mass is 9.94. The smallest absolute Gasteiger partial charge is 0.264 e. The second-order valence-electron chi connectivity index (χ2n) is 6.95. The molecule has 0 bridgehead atoms. The first-order valence-electron chi connectivity index (χ1n) is 9.31. The van der Waals surface area contributed by atoms with Crippen molar-refractivity contribution in [1.29, 1.82) is 0 Å². The summed E-state index contributed by atoms with van der Waals surface area (Å²) in [6.07, 6.45) is 7.21. The molecule has 1 aliphatic rings. The normalized spacial score (nSPS) is 16.1. The third kappa shape index (κ3) is 5.47. The van der Waals surface area contributed by atoms with Crippen LogP contribution in [0, 0.1) is 0 Å². The minimum Gasteiger partial charge on any atom is -0.303 e. The monoisotopic (exact) mass is 410 g/mol. The third-order valence-corrected chi connectivity index (χ3v) is 8.02. The number of aromatic nitrogens is 2. The molecule has 7 nitrogen and oxygen atoms in total. The van der Waals surface area contributed by atoms with E-state index in [1.165, 1.54) is 38.2 Å². The predicted octanol–water partition coefficient (Wildman–Crippen LogP) is 2.43. The van der Waals surface area contributed by atoms with Crippen LogP contribution in [-0.2, 0) is 10.0 Å². The van der Waals surface area contributed by atoms with Crippen molar-refractivity contribution in [3.63, 3.8) is 0 Å². The molecule has 0 spiro atoms. The quantitative estimate of drug-likeness (QED) is 0.652. The molecule has 0 saturated heterocycles. The molecule has 2 heterocycles. The molecule has 0 atom stereocenters. The summed E-state index contributed by atoms with van der Waals surface area (Å²) in [5.41, 5.74) is 0.262. The number of hydrogen-bond acceptors (Lipinski definition) is 6. The van der Waals surface area contributed by atoms with E-state index in [9.17, 15) is 13.2 Å². The lowest BCUT2D eigenvalue weighted by Gasteiger charge is -2.31. The zero-order valence-electron chi connectivity index (χ0n) is 15.5. The molecule has 1 saturated carbocycles. The Labute approximate surface area is 163 Å². The topological polar surface area (TPSA) is 95.2 Å². The van der Waals surface area contributed by atoms with E-state index >= 15 is 0 Å². The van der Waals surface area contributed by atoms with E-state index in [2.05, 4.69) is 26.9 Å². The summed E-state index contributed by atoms with van der Waals surface area (Å²) in [7, 11) is -1.40. The molecule has 2 aromatic heterocycles. The van der Waals surface area contributed by atoms with Gasteiger partial charge in [-0.2, -0.15) is 5.10 Å². The molecular weight excluding hydrogens is 384 g/mol. The van der Waals surface area contributed by atoms with E-state index in [-0.39, 0.29) is 9.77 Å². The van der Waals surface area contributed by atoms with Crippen molar-refractivity contribution in [1.82, 2.24) is 19.8 Å². The van der Waals surface area contributed by atoms with Crippen LogP contribution in [0.5, 0.6) is 0 Å². The van der Waals surface area contributed by atoms with Crippen molar-refractivity contribution in [3.8, 4) is 10.6 Å². The molecular formula is C18H26N4O3S2. The zero-order chi connectivity index (χ0) is 19.3. The Kier molecular flexibility index (Phi) is 6.80. The van der Waals surface area contributed by atoms with Gasteiger partial charge in [0.2, 0.25) is 10.0 Å². The summed E-state index contributed by atoms with van der Waals surface area (Å²) in [5, 5.41) is 6.29. The van der Waals surface area contributed by atoms with Gasteiger partial charge in [-0.3, -0.25) is 4.79 Å². The fourth-order valence-corrected chi connectivity index (χ4v) is 5.79. The molecule has 9 heteroatoms. The van der Waals surface area contributed by atoms with Crippen LogP contribution >= 0.6 is 11.3 Å². The van der Waals surface area contributed by atoms with Gasteiger partial charge in [-0.05, 0) is 51.1 Å². The maximum atomic E-state index is 12.5. The summed E-state index contributed by atoms with van der Waals surface area (Å²) >= 11 is 1.14. The first-order chi connectivity index (χ1) is 13.0. The van der Waals surface area contributed by atoms with Crippen LogP contribution in [0.2, 0.25) is 0 Å². The lowest BCUT2D eigenvalue weighted by Crippen LogP contribution is -2.35. The minimum atomic E-state index is -3.53. The molecule has 0 aromatic carbocycles. The van der Waals surface area contributed by atoms with Gasteiger partial charge in [0.1, 0.15) is 9.90 Å². The predicted molar refractivity (Wildman–Crippen MR) is 107 cm³/mol. The van der Waals surface area contributed by atoms with Gasteiger partial charge in [-0.1, -0.05) is 19.3 Å². The first-order valence-corrected chi connectivity index (χ1v) is 11.6. The Balaban J connectivity index is 1.51. The summed E-state index contributed by atoms with van der Waals surface area (Å²) in [6.45, 7) is 1.31. The van der Waals surface area contributed by atoms with Crippen LogP contribution in [0.4, 0.5) is 0 Å². The second kappa shape index (κ2) is 9.09. The fourth-order valence-electron chi connectivity index (χ4n) is 3.39. The molecule has 27 heavy (non-hydrogen) atoms. The number of nitrogens with one attached hydrogen (secondary N) is 2. The molecule has 2 aromatic rings. The number of sulfonamides is 1. The number of rotatable bonds is 8. The molecule has 1 aliphatic carbocycles. The largest absolute Gasteiger partial charge is 0.303 e. The highest BCUT2D eigenvalue weighted by Crippen LogP contribution is 2.28. The molecule has 2 N–H and O–H groups in total. The van der Waals surface area contributed by atoms with Crippen molar-refractivity contribution >= 4 is 21.4 Å².